The van der Waals surface area contributed by atoms with E-state index in [2.05, 4.69) is 20.9 Å². The largest absolute Gasteiger partial charge is 0.507 e. The summed E-state index contributed by atoms with van der Waals surface area (Å²) in [5.41, 5.74) is 1.70. The van der Waals surface area contributed by atoms with Crippen LogP contribution in [0.2, 0.25) is 5.02 Å². The van der Waals surface area contributed by atoms with Crippen LogP contribution in [0.5, 0.6) is 5.75 Å². The first-order chi connectivity index (χ1) is 8.65. The van der Waals surface area contributed by atoms with Crippen molar-refractivity contribution < 1.29 is 5.11 Å². The van der Waals surface area contributed by atoms with E-state index in [-0.39, 0.29) is 5.75 Å². The van der Waals surface area contributed by atoms with Crippen molar-refractivity contribution in [3.8, 4) is 16.9 Å². The van der Waals surface area contributed by atoms with E-state index < -0.39 is 0 Å². The van der Waals surface area contributed by atoms with Gasteiger partial charge in [-0.1, -0.05) is 17.7 Å². The first-order valence-corrected chi connectivity index (χ1v) is 6.57. The number of aromatic amines is 1. The van der Waals surface area contributed by atoms with E-state index in [9.17, 15) is 5.11 Å². The van der Waals surface area contributed by atoms with Crippen LogP contribution in [0.3, 0.4) is 0 Å². The zero-order valence-corrected chi connectivity index (χ0v) is 11.6. The smallest absolute Gasteiger partial charge is 0.124 e. The van der Waals surface area contributed by atoms with Crippen LogP contribution >= 0.6 is 27.5 Å². The van der Waals surface area contributed by atoms with Gasteiger partial charge in [-0.25, -0.2) is 0 Å². The standard InChI is InChI=1S/C14H9BrClNO/c15-13-7-17-6-12(13)11-4-9-3-10(16)2-1-8(9)5-14(11)18/h1-7,17-18H. The second kappa shape index (κ2) is 4.34. The van der Waals surface area contributed by atoms with E-state index in [1.54, 1.807) is 6.07 Å². The predicted molar refractivity (Wildman–Crippen MR) is 78.1 cm³/mol. The minimum absolute atomic E-state index is 0.255. The molecule has 0 saturated heterocycles. The van der Waals surface area contributed by atoms with Crippen LogP contribution in [-0.4, -0.2) is 10.1 Å². The van der Waals surface area contributed by atoms with Crippen molar-refractivity contribution in [2.24, 2.45) is 0 Å². The third kappa shape index (κ3) is 1.89. The lowest BCUT2D eigenvalue weighted by Gasteiger charge is -2.06. The monoisotopic (exact) mass is 321 g/mol. The number of hydrogen-bond acceptors (Lipinski definition) is 1. The molecule has 0 fully saturated rings. The number of phenols is 1. The van der Waals surface area contributed by atoms with Crippen LogP contribution in [0, 0.1) is 0 Å². The van der Waals surface area contributed by atoms with Crippen molar-refractivity contribution in [2.75, 3.05) is 0 Å². The average molecular weight is 323 g/mol. The molecule has 0 bridgehead atoms. The van der Waals surface area contributed by atoms with Gasteiger partial charge in [0.05, 0.1) is 0 Å². The normalized spacial score (nSPS) is 11.0. The van der Waals surface area contributed by atoms with E-state index in [0.717, 1.165) is 26.4 Å². The van der Waals surface area contributed by atoms with Crippen LogP contribution in [-0.2, 0) is 0 Å². The number of aromatic hydroxyl groups is 1. The lowest BCUT2D eigenvalue weighted by atomic mass is 10.0. The first-order valence-electron chi connectivity index (χ1n) is 5.40. The Morgan fingerprint density at radius 2 is 1.83 bits per heavy atom. The molecule has 1 aromatic heterocycles. The molecule has 0 aliphatic heterocycles. The van der Waals surface area contributed by atoms with Gasteiger partial charge >= 0.3 is 0 Å². The number of rotatable bonds is 1. The highest BCUT2D eigenvalue weighted by Crippen LogP contribution is 2.37. The van der Waals surface area contributed by atoms with Gasteiger partial charge in [-0.2, -0.15) is 0 Å². The summed E-state index contributed by atoms with van der Waals surface area (Å²) in [6.45, 7) is 0. The minimum atomic E-state index is 0.255. The molecule has 3 aromatic rings. The molecule has 2 N–H and O–H groups in total. The number of fused-ring (bicyclic) bond motifs is 1. The molecule has 90 valence electrons. The van der Waals surface area contributed by atoms with Gasteiger partial charge in [-0.15, -0.1) is 0 Å². The molecule has 2 aromatic carbocycles. The Morgan fingerprint density at radius 1 is 1.00 bits per heavy atom. The van der Waals surface area contributed by atoms with E-state index in [4.69, 9.17) is 11.6 Å². The number of hydrogen-bond donors (Lipinski definition) is 2. The molecule has 0 saturated carbocycles. The number of nitrogens with one attached hydrogen (secondary N) is 1. The summed E-state index contributed by atoms with van der Waals surface area (Å²) in [6, 6.07) is 9.29. The van der Waals surface area contributed by atoms with Crippen LogP contribution in [0.15, 0.2) is 47.2 Å². The summed E-state index contributed by atoms with van der Waals surface area (Å²) in [4.78, 5) is 3.00. The highest BCUT2D eigenvalue weighted by atomic mass is 79.9. The average Bonchev–Trinajstić information content (AvgIpc) is 2.75. The van der Waals surface area contributed by atoms with Crippen molar-refractivity contribution in [2.45, 2.75) is 0 Å². The zero-order chi connectivity index (χ0) is 12.7. The highest BCUT2D eigenvalue weighted by Gasteiger charge is 2.10. The lowest BCUT2D eigenvalue weighted by molar-refractivity contribution is 0.478. The molecular formula is C14H9BrClNO. The van der Waals surface area contributed by atoms with Crippen LogP contribution in [0.25, 0.3) is 21.9 Å². The number of benzene rings is 2. The second-order valence-electron chi connectivity index (χ2n) is 4.08. The first kappa shape index (κ1) is 11.6. The summed E-state index contributed by atoms with van der Waals surface area (Å²) in [5, 5.41) is 12.8. The van der Waals surface area contributed by atoms with Crippen LogP contribution in [0.4, 0.5) is 0 Å². The number of phenolic OH excluding ortho intramolecular Hbond substituents is 1. The van der Waals surface area contributed by atoms with Gasteiger partial charge < -0.3 is 10.1 Å². The Balaban J connectivity index is 2.30. The topological polar surface area (TPSA) is 36.0 Å². The molecule has 0 aliphatic rings. The SMILES string of the molecule is Oc1cc2ccc(Cl)cc2cc1-c1c[nH]cc1Br. The number of aromatic nitrogens is 1. The second-order valence-corrected chi connectivity index (χ2v) is 5.37. The molecule has 4 heteroatoms. The van der Waals surface area contributed by atoms with Gasteiger partial charge in [0, 0.05) is 33.0 Å². The molecular weight excluding hydrogens is 314 g/mol. The van der Waals surface area contributed by atoms with Crippen molar-refractivity contribution in [3.05, 3.63) is 52.2 Å². The molecule has 3 rings (SSSR count). The Morgan fingerprint density at radius 3 is 2.56 bits per heavy atom. The third-order valence-corrected chi connectivity index (χ3v) is 3.79. The van der Waals surface area contributed by atoms with Gasteiger partial charge in [0.1, 0.15) is 5.75 Å². The maximum absolute atomic E-state index is 10.1. The summed E-state index contributed by atoms with van der Waals surface area (Å²) in [7, 11) is 0. The highest BCUT2D eigenvalue weighted by molar-refractivity contribution is 9.10. The Kier molecular flexibility index (Phi) is 2.80. The van der Waals surface area contributed by atoms with Crippen molar-refractivity contribution >= 4 is 38.3 Å². The zero-order valence-electron chi connectivity index (χ0n) is 9.24. The fourth-order valence-corrected chi connectivity index (χ4v) is 2.66. The summed E-state index contributed by atoms with van der Waals surface area (Å²) >= 11 is 9.44. The quantitative estimate of drug-likeness (QED) is 0.653. The molecule has 0 atom stereocenters. The van der Waals surface area contributed by atoms with E-state index in [1.807, 2.05) is 36.7 Å². The third-order valence-electron chi connectivity index (χ3n) is 2.90. The minimum Gasteiger partial charge on any atom is -0.507 e. The fourth-order valence-electron chi connectivity index (χ4n) is 2.02. The van der Waals surface area contributed by atoms with E-state index in [1.165, 1.54) is 0 Å². The van der Waals surface area contributed by atoms with E-state index in [0.29, 0.717) is 5.02 Å². The number of H-pyrrole nitrogens is 1. The summed E-state index contributed by atoms with van der Waals surface area (Å²) in [6.07, 6.45) is 3.67. The molecule has 2 nitrogen and oxygen atoms in total. The van der Waals surface area contributed by atoms with Crippen molar-refractivity contribution in [1.29, 1.82) is 0 Å². The van der Waals surface area contributed by atoms with Gasteiger partial charge in [-0.05, 0) is 51.0 Å². The van der Waals surface area contributed by atoms with Gasteiger partial charge in [-0.3, -0.25) is 0 Å². The van der Waals surface area contributed by atoms with Gasteiger partial charge in [0.25, 0.3) is 0 Å². The fraction of sp³-hybridized carbons (Fsp3) is 0. The van der Waals surface area contributed by atoms with Crippen LogP contribution in [0.1, 0.15) is 0 Å². The molecule has 1 heterocycles. The predicted octanol–water partition coefficient (Wildman–Crippen LogP) is 4.96. The molecule has 0 unspecified atom stereocenters. The van der Waals surface area contributed by atoms with Gasteiger partial charge in [0.2, 0.25) is 0 Å². The Labute approximate surface area is 117 Å². The number of halogens is 2. The maximum atomic E-state index is 10.1. The van der Waals surface area contributed by atoms with Crippen molar-refractivity contribution in [1.82, 2.24) is 4.98 Å². The summed E-state index contributed by atoms with van der Waals surface area (Å²) < 4.78 is 0.916. The molecule has 0 amide bonds. The summed E-state index contributed by atoms with van der Waals surface area (Å²) in [5.74, 6) is 0.255. The van der Waals surface area contributed by atoms with E-state index >= 15 is 0 Å². The molecule has 0 radical (unpaired) electrons. The lowest BCUT2D eigenvalue weighted by Crippen LogP contribution is -1.80. The molecule has 0 aliphatic carbocycles. The van der Waals surface area contributed by atoms with Crippen molar-refractivity contribution in [3.63, 3.8) is 0 Å². The maximum Gasteiger partial charge on any atom is 0.124 e. The Bertz CT molecular complexity index is 736. The van der Waals surface area contributed by atoms with Crippen LogP contribution < -0.4 is 0 Å². The molecule has 18 heavy (non-hydrogen) atoms. The molecule has 0 spiro atoms. The Hall–Kier alpha value is -1.45. The van der Waals surface area contributed by atoms with Gasteiger partial charge in [0.15, 0.2) is 0 Å².